The maximum absolute atomic E-state index is 14.1. The summed E-state index contributed by atoms with van der Waals surface area (Å²) in [7, 11) is 0. The van der Waals surface area contributed by atoms with Crippen molar-refractivity contribution in [1.29, 1.82) is 0 Å². The van der Waals surface area contributed by atoms with Gasteiger partial charge in [0.05, 0.1) is 30.3 Å². The number of nitrogens with one attached hydrogen (secondary N) is 1. The van der Waals surface area contributed by atoms with Crippen molar-refractivity contribution in [1.82, 2.24) is 19.9 Å². The van der Waals surface area contributed by atoms with Crippen LogP contribution in [0.25, 0.3) is 11.0 Å². The first-order chi connectivity index (χ1) is 16.7. The molecule has 0 saturated heterocycles. The highest BCUT2D eigenvalue weighted by molar-refractivity contribution is 7.98. The largest absolute Gasteiger partial charge is 0.347 e. The SMILES string of the molecule is O=C(NCc1cccs1)c1ccc(Cn2c(SCc3ccccc3F)nc3ccncc32)cc1. The summed E-state index contributed by atoms with van der Waals surface area (Å²) < 4.78 is 16.2. The molecule has 0 aliphatic carbocycles. The number of thiophene rings is 1. The smallest absolute Gasteiger partial charge is 0.251 e. The van der Waals surface area contributed by atoms with Gasteiger partial charge in [-0.1, -0.05) is 48.2 Å². The third kappa shape index (κ3) is 5.03. The molecule has 0 saturated carbocycles. The lowest BCUT2D eigenvalue weighted by Gasteiger charge is -2.10. The fourth-order valence-corrected chi connectivity index (χ4v) is 5.24. The van der Waals surface area contributed by atoms with Crippen LogP contribution < -0.4 is 5.32 Å². The number of hydrogen-bond donors (Lipinski definition) is 1. The summed E-state index contributed by atoms with van der Waals surface area (Å²) in [6, 6.07) is 20.2. The minimum absolute atomic E-state index is 0.0987. The zero-order valence-corrected chi connectivity index (χ0v) is 19.8. The summed E-state index contributed by atoms with van der Waals surface area (Å²) >= 11 is 3.11. The van der Waals surface area contributed by atoms with Crippen LogP contribution in [0.15, 0.2) is 89.7 Å². The maximum Gasteiger partial charge on any atom is 0.251 e. The Morgan fingerprint density at radius 3 is 2.71 bits per heavy atom. The first-order valence-electron chi connectivity index (χ1n) is 10.7. The molecule has 0 atom stereocenters. The van der Waals surface area contributed by atoms with E-state index in [1.807, 2.05) is 53.9 Å². The van der Waals surface area contributed by atoms with Crippen LogP contribution in [0.2, 0.25) is 0 Å². The van der Waals surface area contributed by atoms with Gasteiger partial charge in [0.1, 0.15) is 5.82 Å². The van der Waals surface area contributed by atoms with Crippen LogP contribution >= 0.6 is 23.1 Å². The van der Waals surface area contributed by atoms with Crippen molar-refractivity contribution >= 4 is 40.0 Å². The summed E-state index contributed by atoms with van der Waals surface area (Å²) in [5.74, 6) is 0.165. The van der Waals surface area contributed by atoms with Crippen LogP contribution in [0.1, 0.15) is 26.4 Å². The molecule has 0 aliphatic heterocycles. The zero-order chi connectivity index (χ0) is 23.3. The molecule has 0 unspecified atom stereocenters. The molecule has 34 heavy (non-hydrogen) atoms. The number of benzene rings is 2. The van der Waals surface area contributed by atoms with E-state index in [-0.39, 0.29) is 11.7 Å². The van der Waals surface area contributed by atoms with E-state index in [9.17, 15) is 9.18 Å². The van der Waals surface area contributed by atoms with Crippen LogP contribution in [0.5, 0.6) is 0 Å². The molecule has 0 aliphatic rings. The average molecular weight is 489 g/mol. The molecule has 5 nitrogen and oxygen atoms in total. The van der Waals surface area contributed by atoms with Crippen molar-refractivity contribution in [3.63, 3.8) is 0 Å². The van der Waals surface area contributed by atoms with Crippen LogP contribution in [0, 0.1) is 5.82 Å². The van der Waals surface area contributed by atoms with Crippen LogP contribution in [0.3, 0.4) is 0 Å². The first kappa shape index (κ1) is 22.3. The summed E-state index contributed by atoms with van der Waals surface area (Å²) in [5.41, 5.74) is 4.05. The number of carbonyl (C=O) groups is 1. The molecular weight excluding hydrogens is 467 g/mol. The fraction of sp³-hybridized carbons (Fsp3) is 0.115. The Labute approximate surface area is 204 Å². The number of nitrogens with zero attached hydrogens (tertiary/aromatic N) is 3. The number of thioether (sulfide) groups is 1. The van der Waals surface area contributed by atoms with Gasteiger partial charge in [-0.3, -0.25) is 9.78 Å². The lowest BCUT2D eigenvalue weighted by atomic mass is 10.1. The van der Waals surface area contributed by atoms with Crippen molar-refractivity contribution in [2.45, 2.75) is 24.0 Å². The van der Waals surface area contributed by atoms with E-state index in [1.165, 1.54) is 17.8 Å². The molecule has 1 N–H and O–H groups in total. The van der Waals surface area contributed by atoms with Crippen LogP contribution in [0.4, 0.5) is 4.39 Å². The molecule has 170 valence electrons. The second-order valence-electron chi connectivity index (χ2n) is 7.68. The van der Waals surface area contributed by atoms with E-state index in [4.69, 9.17) is 4.98 Å². The maximum atomic E-state index is 14.1. The van der Waals surface area contributed by atoms with E-state index in [0.717, 1.165) is 26.6 Å². The van der Waals surface area contributed by atoms with Crippen LogP contribution in [-0.4, -0.2) is 20.4 Å². The monoisotopic (exact) mass is 488 g/mol. The Hall–Kier alpha value is -3.49. The summed E-state index contributed by atoms with van der Waals surface area (Å²) in [4.78, 5) is 22.6. The quantitative estimate of drug-likeness (QED) is 0.276. The topological polar surface area (TPSA) is 59.8 Å². The second-order valence-corrected chi connectivity index (χ2v) is 9.66. The Morgan fingerprint density at radius 1 is 1.06 bits per heavy atom. The Bertz CT molecular complexity index is 1410. The lowest BCUT2D eigenvalue weighted by Crippen LogP contribution is -2.22. The number of halogens is 1. The molecule has 0 fully saturated rings. The molecule has 2 aromatic carbocycles. The van der Waals surface area contributed by atoms with E-state index >= 15 is 0 Å². The van der Waals surface area contributed by atoms with Gasteiger partial charge in [-0.15, -0.1) is 11.3 Å². The summed E-state index contributed by atoms with van der Waals surface area (Å²) in [6.45, 7) is 1.09. The number of rotatable bonds is 8. The molecule has 1 amide bonds. The van der Waals surface area contributed by atoms with Gasteiger partial charge >= 0.3 is 0 Å². The van der Waals surface area contributed by atoms with Crippen molar-refractivity contribution < 1.29 is 9.18 Å². The Kier molecular flexibility index (Phi) is 6.69. The molecule has 0 bridgehead atoms. The second kappa shape index (κ2) is 10.2. The van der Waals surface area contributed by atoms with E-state index in [1.54, 1.807) is 35.9 Å². The van der Waals surface area contributed by atoms with Gasteiger partial charge in [0.25, 0.3) is 5.91 Å². The van der Waals surface area contributed by atoms with E-state index < -0.39 is 0 Å². The summed E-state index contributed by atoms with van der Waals surface area (Å²) in [6.07, 6.45) is 3.51. The molecule has 0 radical (unpaired) electrons. The minimum Gasteiger partial charge on any atom is -0.347 e. The molecule has 3 heterocycles. The number of imidazole rings is 1. The highest BCUT2D eigenvalue weighted by Crippen LogP contribution is 2.28. The fourth-order valence-electron chi connectivity index (χ4n) is 3.60. The van der Waals surface area contributed by atoms with Gasteiger partial charge < -0.3 is 9.88 Å². The van der Waals surface area contributed by atoms with Crippen molar-refractivity contribution in [3.05, 3.63) is 112 Å². The summed E-state index contributed by atoms with van der Waals surface area (Å²) in [5, 5.41) is 5.74. The third-order valence-corrected chi connectivity index (χ3v) is 7.29. The van der Waals surface area contributed by atoms with Gasteiger partial charge in [0.2, 0.25) is 0 Å². The Balaban J connectivity index is 1.33. The van der Waals surface area contributed by atoms with Gasteiger partial charge in [0.15, 0.2) is 5.16 Å². The molecule has 5 aromatic rings. The van der Waals surface area contributed by atoms with Gasteiger partial charge in [-0.2, -0.15) is 0 Å². The number of fused-ring (bicyclic) bond motifs is 1. The first-order valence-corrected chi connectivity index (χ1v) is 12.6. The molecule has 0 spiro atoms. The van der Waals surface area contributed by atoms with Crippen LogP contribution in [-0.2, 0) is 18.8 Å². The highest BCUT2D eigenvalue weighted by Gasteiger charge is 2.14. The van der Waals surface area contributed by atoms with Gasteiger partial charge in [-0.25, -0.2) is 9.37 Å². The highest BCUT2D eigenvalue weighted by atomic mass is 32.2. The van der Waals surface area contributed by atoms with Crippen molar-refractivity contribution in [3.8, 4) is 0 Å². The molecule has 8 heteroatoms. The number of amides is 1. The molecular formula is C26H21FN4OS2. The minimum atomic E-state index is -0.215. The normalized spacial score (nSPS) is 11.1. The van der Waals surface area contributed by atoms with Crippen molar-refractivity contribution in [2.24, 2.45) is 0 Å². The Morgan fingerprint density at radius 2 is 1.91 bits per heavy atom. The standard InChI is InChI=1S/C26H21FN4OS2/c27-22-6-2-1-4-20(22)17-34-26-30-23-11-12-28-15-24(23)31(26)16-18-7-9-19(10-8-18)25(32)29-14-21-5-3-13-33-21/h1-13,15H,14,16-17H2,(H,29,32). The van der Waals surface area contributed by atoms with E-state index in [0.29, 0.717) is 30.0 Å². The third-order valence-electron chi connectivity index (χ3n) is 5.39. The number of carbonyl (C=O) groups excluding carboxylic acids is 1. The zero-order valence-electron chi connectivity index (χ0n) is 18.1. The lowest BCUT2D eigenvalue weighted by molar-refractivity contribution is 0.0951. The molecule has 5 rings (SSSR count). The van der Waals surface area contributed by atoms with E-state index in [2.05, 4.69) is 14.9 Å². The van der Waals surface area contributed by atoms with Gasteiger partial charge in [-0.05, 0) is 46.8 Å². The number of hydrogen-bond acceptors (Lipinski definition) is 5. The average Bonchev–Trinajstić information content (AvgIpc) is 3.51. The predicted octanol–water partition coefficient (Wildman–Crippen LogP) is 5.90. The predicted molar refractivity (Wildman–Crippen MR) is 135 cm³/mol. The van der Waals surface area contributed by atoms with Crippen molar-refractivity contribution in [2.75, 3.05) is 0 Å². The van der Waals surface area contributed by atoms with Gasteiger partial charge in [0, 0.05) is 22.4 Å². The molecule has 3 aromatic heterocycles. The number of aromatic nitrogens is 3. The number of pyridine rings is 1.